The first-order valence-corrected chi connectivity index (χ1v) is 11.4. The monoisotopic (exact) mass is 424 g/mol. The minimum Gasteiger partial charge on any atom is -0.497 e. The number of nitrogens with zero attached hydrogens (tertiary/aromatic N) is 2. The van der Waals surface area contributed by atoms with Crippen LogP contribution in [0, 0.1) is 0 Å². The molecule has 30 heavy (non-hydrogen) atoms. The third-order valence-electron chi connectivity index (χ3n) is 5.14. The number of methoxy groups -OCH3 is 1. The van der Waals surface area contributed by atoms with Crippen molar-refractivity contribution in [3.63, 3.8) is 0 Å². The second-order valence-corrected chi connectivity index (χ2v) is 9.30. The van der Waals surface area contributed by atoms with Crippen molar-refractivity contribution in [1.29, 1.82) is 0 Å². The van der Waals surface area contributed by atoms with E-state index < -0.39 is 9.84 Å². The van der Waals surface area contributed by atoms with E-state index in [1.165, 1.54) is 0 Å². The number of ether oxygens (including phenoxy) is 2. The molecule has 1 aliphatic heterocycles. The maximum atomic E-state index is 12.6. The third-order valence-corrected chi connectivity index (χ3v) is 6.93. The molecule has 6 nitrogen and oxygen atoms in total. The van der Waals surface area contributed by atoms with Crippen molar-refractivity contribution in [2.75, 3.05) is 19.4 Å². The van der Waals surface area contributed by atoms with E-state index in [0.29, 0.717) is 31.1 Å². The zero-order valence-electron chi connectivity index (χ0n) is 16.8. The van der Waals surface area contributed by atoms with Crippen LogP contribution in [-0.4, -0.2) is 37.7 Å². The highest BCUT2D eigenvalue weighted by Gasteiger charge is 2.25. The van der Waals surface area contributed by atoms with Crippen LogP contribution in [0.3, 0.4) is 0 Å². The van der Waals surface area contributed by atoms with Gasteiger partial charge in [-0.1, -0.05) is 24.3 Å². The SMILES string of the molecule is COc1ccc(OCc2ccccn2)c(CN2CCS(=O)(=O)c3ccccc3C2)c1. The topological polar surface area (TPSA) is 68.7 Å². The summed E-state index contributed by atoms with van der Waals surface area (Å²) < 4.78 is 36.7. The molecule has 0 N–H and O–H groups in total. The van der Waals surface area contributed by atoms with Crippen molar-refractivity contribution < 1.29 is 17.9 Å². The second kappa shape index (κ2) is 8.85. The highest BCUT2D eigenvalue weighted by molar-refractivity contribution is 7.91. The normalized spacial score (nSPS) is 15.8. The van der Waals surface area contributed by atoms with Crippen molar-refractivity contribution in [1.82, 2.24) is 9.88 Å². The van der Waals surface area contributed by atoms with Gasteiger partial charge in [0, 0.05) is 31.4 Å². The summed E-state index contributed by atoms with van der Waals surface area (Å²) in [5, 5.41) is 0. The molecule has 0 atom stereocenters. The zero-order chi connectivity index (χ0) is 21.0. The highest BCUT2D eigenvalue weighted by Crippen LogP contribution is 2.29. The molecule has 2 aromatic carbocycles. The van der Waals surface area contributed by atoms with Crippen LogP contribution >= 0.6 is 0 Å². The molecule has 0 fully saturated rings. The largest absolute Gasteiger partial charge is 0.497 e. The quantitative estimate of drug-likeness (QED) is 0.604. The smallest absolute Gasteiger partial charge is 0.179 e. The van der Waals surface area contributed by atoms with Crippen LogP contribution in [0.5, 0.6) is 11.5 Å². The Labute approximate surface area is 177 Å². The van der Waals surface area contributed by atoms with E-state index in [4.69, 9.17) is 9.47 Å². The summed E-state index contributed by atoms with van der Waals surface area (Å²) in [6, 6.07) is 18.6. The number of benzene rings is 2. The Morgan fingerprint density at radius 2 is 1.90 bits per heavy atom. The van der Waals surface area contributed by atoms with Crippen molar-refractivity contribution in [3.8, 4) is 11.5 Å². The van der Waals surface area contributed by atoms with Crippen LogP contribution < -0.4 is 9.47 Å². The van der Waals surface area contributed by atoms with Gasteiger partial charge in [-0.15, -0.1) is 0 Å². The van der Waals surface area contributed by atoms with Gasteiger partial charge in [0.2, 0.25) is 0 Å². The Morgan fingerprint density at radius 3 is 2.70 bits per heavy atom. The van der Waals surface area contributed by atoms with Crippen molar-refractivity contribution in [3.05, 3.63) is 83.7 Å². The van der Waals surface area contributed by atoms with Crippen LogP contribution in [0.25, 0.3) is 0 Å². The van der Waals surface area contributed by atoms with Crippen molar-refractivity contribution >= 4 is 9.84 Å². The van der Waals surface area contributed by atoms with E-state index in [-0.39, 0.29) is 5.75 Å². The van der Waals surface area contributed by atoms with Crippen LogP contribution in [0.4, 0.5) is 0 Å². The van der Waals surface area contributed by atoms with Crippen molar-refractivity contribution in [2.24, 2.45) is 0 Å². The third kappa shape index (κ3) is 4.63. The van der Waals surface area contributed by atoms with Gasteiger partial charge in [0.15, 0.2) is 9.84 Å². The summed E-state index contributed by atoms with van der Waals surface area (Å²) >= 11 is 0. The maximum Gasteiger partial charge on any atom is 0.179 e. The fourth-order valence-electron chi connectivity index (χ4n) is 3.58. The van der Waals surface area contributed by atoms with E-state index in [0.717, 1.165) is 28.3 Å². The lowest BCUT2D eigenvalue weighted by Crippen LogP contribution is -2.26. The van der Waals surface area contributed by atoms with Gasteiger partial charge in [0.25, 0.3) is 0 Å². The average molecular weight is 425 g/mol. The highest BCUT2D eigenvalue weighted by atomic mass is 32.2. The molecule has 0 unspecified atom stereocenters. The Kier molecular flexibility index (Phi) is 6.01. The van der Waals surface area contributed by atoms with Crippen LogP contribution in [0.1, 0.15) is 16.8 Å². The molecular formula is C23H24N2O4S. The van der Waals surface area contributed by atoms with Crippen LogP contribution in [0.2, 0.25) is 0 Å². The summed E-state index contributed by atoms with van der Waals surface area (Å²) in [7, 11) is -1.65. The molecule has 0 saturated heterocycles. The molecule has 4 rings (SSSR count). The predicted molar refractivity (Wildman–Crippen MR) is 114 cm³/mol. The van der Waals surface area contributed by atoms with Gasteiger partial charge in [-0.05, 0) is 42.0 Å². The Balaban J connectivity index is 1.57. The zero-order valence-corrected chi connectivity index (χ0v) is 17.6. The molecule has 3 aromatic rings. The minimum atomic E-state index is -3.28. The molecular weight excluding hydrogens is 400 g/mol. The van der Waals surface area contributed by atoms with Gasteiger partial charge in [0.05, 0.1) is 23.5 Å². The first kappa shape index (κ1) is 20.4. The Hall–Kier alpha value is -2.90. The Bertz CT molecular complexity index is 1120. The van der Waals surface area contributed by atoms with Gasteiger partial charge < -0.3 is 9.47 Å². The fraction of sp³-hybridized carbons (Fsp3) is 0.261. The van der Waals surface area contributed by atoms with Crippen molar-refractivity contribution in [2.45, 2.75) is 24.6 Å². The van der Waals surface area contributed by atoms with E-state index in [9.17, 15) is 8.42 Å². The van der Waals surface area contributed by atoms with E-state index >= 15 is 0 Å². The number of pyridine rings is 1. The summed E-state index contributed by atoms with van der Waals surface area (Å²) in [5.41, 5.74) is 2.62. The van der Waals surface area contributed by atoms with E-state index in [2.05, 4.69) is 9.88 Å². The molecule has 0 aliphatic carbocycles. The first-order valence-electron chi connectivity index (χ1n) is 9.78. The summed E-state index contributed by atoms with van der Waals surface area (Å²) in [6.07, 6.45) is 1.74. The Morgan fingerprint density at radius 1 is 1.07 bits per heavy atom. The first-order chi connectivity index (χ1) is 14.5. The van der Waals surface area contributed by atoms with E-state index in [1.807, 2.05) is 48.5 Å². The maximum absolute atomic E-state index is 12.6. The molecule has 0 radical (unpaired) electrons. The molecule has 1 aliphatic rings. The molecule has 2 heterocycles. The lowest BCUT2D eigenvalue weighted by Gasteiger charge is -2.22. The van der Waals surface area contributed by atoms with Gasteiger partial charge in [0.1, 0.15) is 18.1 Å². The summed E-state index contributed by atoms with van der Waals surface area (Å²) in [4.78, 5) is 6.87. The number of rotatable bonds is 6. The molecule has 0 saturated carbocycles. The lowest BCUT2D eigenvalue weighted by molar-refractivity contribution is 0.256. The van der Waals surface area contributed by atoms with Crippen LogP contribution in [-0.2, 0) is 29.5 Å². The molecule has 156 valence electrons. The molecule has 0 amide bonds. The fourth-order valence-corrected chi connectivity index (χ4v) is 5.11. The van der Waals surface area contributed by atoms with Gasteiger partial charge in [-0.2, -0.15) is 0 Å². The summed E-state index contributed by atoms with van der Waals surface area (Å²) in [5.74, 6) is 1.57. The number of aromatic nitrogens is 1. The number of fused-ring (bicyclic) bond motifs is 1. The molecule has 0 bridgehead atoms. The lowest BCUT2D eigenvalue weighted by atomic mass is 10.1. The van der Waals surface area contributed by atoms with Crippen LogP contribution in [0.15, 0.2) is 71.8 Å². The molecule has 7 heteroatoms. The second-order valence-electron chi connectivity index (χ2n) is 7.22. The van der Waals surface area contributed by atoms with E-state index in [1.54, 1.807) is 25.4 Å². The number of hydrogen-bond donors (Lipinski definition) is 0. The summed E-state index contributed by atoms with van der Waals surface area (Å²) in [6.45, 7) is 1.93. The molecule has 0 spiro atoms. The number of hydrogen-bond acceptors (Lipinski definition) is 6. The standard InChI is InChI=1S/C23H24N2O4S/c1-28-21-9-10-22(29-17-20-7-4-5-11-24-20)19(14-21)16-25-12-13-30(26,27)23-8-3-2-6-18(23)15-25/h2-11,14H,12-13,15-17H2,1H3. The van der Waals surface area contributed by atoms with Gasteiger partial charge in [-0.25, -0.2) is 8.42 Å². The number of sulfone groups is 1. The minimum absolute atomic E-state index is 0.0953. The van der Waals surface area contributed by atoms with Gasteiger partial charge in [-0.3, -0.25) is 9.88 Å². The average Bonchev–Trinajstić information content (AvgIpc) is 2.89. The molecule has 1 aromatic heterocycles. The van der Waals surface area contributed by atoms with Gasteiger partial charge >= 0.3 is 0 Å². The predicted octanol–water partition coefficient (Wildman–Crippen LogP) is 3.46.